The van der Waals surface area contributed by atoms with Crippen molar-refractivity contribution < 1.29 is 0 Å². The van der Waals surface area contributed by atoms with Crippen LogP contribution in [0.4, 0.5) is 0 Å². The predicted molar refractivity (Wildman–Crippen MR) is 173 cm³/mol. The molecule has 0 saturated carbocycles. The molecule has 0 spiro atoms. The van der Waals surface area contributed by atoms with Crippen LogP contribution in [0.5, 0.6) is 0 Å². The molecule has 0 amide bonds. The quantitative estimate of drug-likeness (QED) is 0.222. The Bertz CT molecular complexity index is 756. The van der Waals surface area contributed by atoms with Gasteiger partial charge in [0.05, 0.1) is 20.1 Å². The fourth-order valence-corrected chi connectivity index (χ4v) is 6.29. The third-order valence-corrected chi connectivity index (χ3v) is 9.31. The molecule has 2 fully saturated rings. The molecule has 2 saturated heterocycles. The van der Waals surface area contributed by atoms with Crippen LogP contribution in [-0.4, -0.2) is 115 Å². The lowest BCUT2D eigenvalue weighted by Gasteiger charge is -2.28. The van der Waals surface area contributed by atoms with E-state index in [9.17, 15) is 0 Å². The molecule has 3 rings (SSSR count). The average molecular weight is 641 g/mol. The topological polar surface area (TPSA) is 78.7 Å². The van der Waals surface area contributed by atoms with Gasteiger partial charge in [0.1, 0.15) is 0 Å². The summed E-state index contributed by atoms with van der Waals surface area (Å²) in [5.74, 6) is 0. The molecule has 2 heterocycles. The van der Waals surface area contributed by atoms with Crippen molar-refractivity contribution in [1.82, 2.24) is 41.7 Å². The van der Waals surface area contributed by atoms with E-state index in [1.807, 2.05) is 0 Å². The van der Waals surface area contributed by atoms with E-state index in [4.69, 9.17) is 46.4 Å². The number of nitrogens with one attached hydrogen (secondary N) is 6. The largest absolute Gasteiger partial charge is 0.315 e. The van der Waals surface area contributed by atoms with E-state index in [0.29, 0.717) is 33.2 Å². The van der Waals surface area contributed by atoms with E-state index in [-0.39, 0.29) is 0 Å². The van der Waals surface area contributed by atoms with Gasteiger partial charge in [-0.05, 0) is 78.0 Å². The molecule has 2 aliphatic rings. The summed E-state index contributed by atoms with van der Waals surface area (Å²) < 4.78 is 0. The number of nitrogens with zero attached hydrogens (tertiary/aromatic N) is 2. The third-order valence-electron chi connectivity index (χ3n) is 7.45. The van der Waals surface area contributed by atoms with Crippen molar-refractivity contribution in [3.05, 3.63) is 31.2 Å². The first-order valence-corrected chi connectivity index (χ1v) is 16.6. The Balaban J connectivity index is 1.71. The lowest BCUT2D eigenvalue weighted by atomic mass is 10.1. The van der Waals surface area contributed by atoms with Crippen LogP contribution in [0.3, 0.4) is 0 Å². The summed E-state index contributed by atoms with van der Waals surface area (Å²) in [6.07, 6.45) is 4.34. The van der Waals surface area contributed by atoms with E-state index in [1.165, 1.54) is 0 Å². The molecular formula is C28H50Cl4N8. The van der Waals surface area contributed by atoms with Crippen LogP contribution in [0.2, 0.25) is 20.1 Å². The van der Waals surface area contributed by atoms with Crippen molar-refractivity contribution >= 4 is 46.4 Å². The van der Waals surface area contributed by atoms with Crippen molar-refractivity contribution in [2.75, 3.05) is 105 Å². The first-order chi connectivity index (χ1) is 19.6. The second-order valence-electron chi connectivity index (χ2n) is 10.7. The molecule has 0 bridgehead atoms. The van der Waals surface area contributed by atoms with Gasteiger partial charge in [-0.15, -0.1) is 0 Å². The van der Waals surface area contributed by atoms with Gasteiger partial charge >= 0.3 is 0 Å². The van der Waals surface area contributed by atoms with E-state index >= 15 is 0 Å². The molecule has 0 unspecified atom stereocenters. The summed E-state index contributed by atoms with van der Waals surface area (Å²) in [5, 5.41) is 23.2. The summed E-state index contributed by atoms with van der Waals surface area (Å²) in [6.45, 7) is 16.9. The summed E-state index contributed by atoms with van der Waals surface area (Å²) >= 11 is 27.5. The lowest BCUT2D eigenvalue weighted by Crippen LogP contribution is -2.37. The summed E-state index contributed by atoms with van der Waals surface area (Å²) in [7, 11) is 0. The standard InChI is InChI=1S/C28H50Cl4N8/c29-25-23(21-39-17-3-9-35-13-11-33-5-1-7-37-15-19-39)26(30)28(32)27(31)24(25)22-40-18-4-10-36-14-12-34-6-2-8-38-16-20-40/h33-38H,1-22H2. The van der Waals surface area contributed by atoms with Crippen LogP contribution < -0.4 is 31.9 Å². The molecule has 0 radical (unpaired) electrons. The molecule has 0 aliphatic carbocycles. The fraction of sp³-hybridized carbons (Fsp3) is 0.786. The van der Waals surface area contributed by atoms with Crippen molar-refractivity contribution in [3.8, 4) is 0 Å². The Morgan fingerprint density at radius 2 is 0.725 bits per heavy atom. The average Bonchev–Trinajstić information content (AvgIpc) is 2.95. The maximum atomic E-state index is 7.12. The number of hydrogen-bond acceptors (Lipinski definition) is 8. The van der Waals surface area contributed by atoms with Crippen molar-refractivity contribution in [1.29, 1.82) is 0 Å². The van der Waals surface area contributed by atoms with Gasteiger partial charge in [-0.1, -0.05) is 46.4 Å². The molecule has 6 N–H and O–H groups in total. The van der Waals surface area contributed by atoms with Crippen LogP contribution >= 0.6 is 46.4 Å². The van der Waals surface area contributed by atoms with E-state index in [2.05, 4.69) is 41.7 Å². The Morgan fingerprint density at radius 3 is 1.12 bits per heavy atom. The Morgan fingerprint density at radius 1 is 0.375 bits per heavy atom. The normalized spacial score (nSPS) is 21.9. The van der Waals surface area contributed by atoms with E-state index in [0.717, 1.165) is 142 Å². The van der Waals surface area contributed by atoms with Gasteiger partial charge < -0.3 is 31.9 Å². The molecule has 2 aliphatic heterocycles. The summed E-state index contributed by atoms with van der Waals surface area (Å²) in [5.41, 5.74) is 1.75. The van der Waals surface area contributed by atoms with Crippen molar-refractivity contribution in [2.24, 2.45) is 0 Å². The first kappa shape index (κ1) is 34.5. The highest BCUT2D eigenvalue weighted by Gasteiger charge is 2.23. The minimum absolute atomic E-state index is 0.404. The first-order valence-electron chi connectivity index (χ1n) is 15.1. The smallest absolute Gasteiger partial charge is 0.0786 e. The van der Waals surface area contributed by atoms with Crippen molar-refractivity contribution in [2.45, 2.75) is 38.8 Å². The SMILES string of the molecule is Clc1c(Cl)c(CN2CCCNCCNCCCNCC2)c(Cl)c(CN2CCCNCCNCCCNCC2)c1Cl. The van der Waals surface area contributed by atoms with Gasteiger partial charge in [0.25, 0.3) is 0 Å². The van der Waals surface area contributed by atoms with Crippen LogP contribution in [0, 0.1) is 0 Å². The molecule has 0 atom stereocenters. The second-order valence-corrected chi connectivity index (χ2v) is 12.2. The molecule has 8 nitrogen and oxygen atoms in total. The Kier molecular flexibility index (Phi) is 18.0. The van der Waals surface area contributed by atoms with E-state index in [1.54, 1.807) is 0 Å². The summed E-state index contributed by atoms with van der Waals surface area (Å²) in [6, 6.07) is 0. The van der Waals surface area contributed by atoms with Gasteiger partial charge in [-0.3, -0.25) is 9.80 Å². The van der Waals surface area contributed by atoms with Crippen LogP contribution in [0.1, 0.15) is 36.8 Å². The highest BCUT2D eigenvalue weighted by molar-refractivity contribution is 6.50. The number of rotatable bonds is 4. The minimum atomic E-state index is 0.404. The number of benzene rings is 1. The van der Waals surface area contributed by atoms with Gasteiger partial charge in [-0.2, -0.15) is 0 Å². The lowest BCUT2D eigenvalue weighted by molar-refractivity contribution is 0.256. The number of hydrogen-bond donors (Lipinski definition) is 6. The monoisotopic (exact) mass is 638 g/mol. The van der Waals surface area contributed by atoms with Gasteiger partial charge in [-0.25, -0.2) is 0 Å². The minimum Gasteiger partial charge on any atom is -0.315 e. The predicted octanol–water partition coefficient (Wildman–Crippen LogP) is 3.03. The van der Waals surface area contributed by atoms with Crippen LogP contribution in [0.25, 0.3) is 0 Å². The maximum Gasteiger partial charge on any atom is 0.0786 e. The van der Waals surface area contributed by atoms with Gasteiger partial charge in [0, 0.05) is 76.6 Å². The fourth-order valence-electron chi connectivity index (χ4n) is 5.11. The number of halogens is 4. The third kappa shape index (κ3) is 12.7. The van der Waals surface area contributed by atoms with Gasteiger partial charge in [0.15, 0.2) is 0 Å². The highest BCUT2D eigenvalue weighted by Crippen LogP contribution is 2.42. The Hall–Kier alpha value is 0.0600. The molecule has 1 aromatic carbocycles. The zero-order chi connectivity index (χ0) is 28.4. The maximum absolute atomic E-state index is 7.12. The molecule has 230 valence electrons. The second kappa shape index (κ2) is 20.9. The molecule has 1 aromatic rings. The summed E-state index contributed by atoms with van der Waals surface area (Å²) in [4.78, 5) is 4.85. The zero-order valence-corrected chi connectivity index (χ0v) is 27.0. The molecule has 40 heavy (non-hydrogen) atoms. The Labute approximate surface area is 261 Å². The van der Waals surface area contributed by atoms with E-state index < -0.39 is 0 Å². The molecule has 0 aromatic heterocycles. The zero-order valence-electron chi connectivity index (χ0n) is 24.0. The molecule has 12 heteroatoms. The molecular weight excluding hydrogens is 590 g/mol. The van der Waals surface area contributed by atoms with Crippen LogP contribution in [0.15, 0.2) is 0 Å². The van der Waals surface area contributed by atoms with Gasteiger partial charge in [0.2, 0.25) is 0 Å². The van der Waals surface area contributed by atoms with Crippen LogP contribution in [-0.2, 0) is 13.1 Å². The van der Waals surface area contributed by atoms with Crippen molar-refractivity contribution in [3.63, 3.8) is 0 Å². The highest BCUT2D eigenvalue weighted by atomic mass is 35.5.